The molecule has 3 aromatic rings. The first-order valence-corrected chi connectivity index (χ1v) is 9.04. The van der Waals surface area contributed by atoms with Gasteiger partial charge in [0.1, 0.15) is 17.3 Å². The maximum absolute atomic E-state index is 12.9. The van der Waals surface area contributed by atoms with Crippen molar-refractivity contribution in [2.45, 2.75) is 13.0 Å². The summed E-state index contributed by atoms with van der Waals surface area (Å²) in [5.74, 6) is -1.54. The number of nitrogens with zero attached hydrogens (tertiary/aromatic N) is 2. The van der Waals surface area contributed by atoms with Crippen LogP contribution in [0.3, 0.4) is 0 Å². The van der Waals surface area contributed by atoms with Gasteiger partial charge in [0.2, 0.25) is 0 Å². The van der Waals surface area contributed by atoms with Crippen molar-refractivity contribution in [1.29, 1.82) is 0 Å². The fourth-order valence-electron chi connectivity index (χ4n) is 3.31. The number of aromatic nitrogens is 1. The molecule has 7 nitrogen and oxygen atoms in total. The van der Waals surface area contributed by atoms with Crippen LogP contribution in [0.4, 0.5) is 5.82 Å². The largest absolute Gasteiger partial charge is 0.508 e. The van der Waals surface area contributed by atoms with Gasteiger partial charge in [0.15, 0.2) is 5.82 Å². The standard InChI is InChI=1S/C21H15ClN2O5/c1-11-9-16(23-29-11)24-18(13-3-2-4-15(25)10-13)17(20(27)21(24)28)19(26)12-5-7-14(22)8-6-12/h2-10,18,25-26H,1H3/t18-/m0/s1. The van der Waals surface area contributed by atoms with Crippen molar-refractivity contribution >= 4 is 34.9 Å². The molecule has 1 saturated heterocycles. The van der Waals surface area contributed by atoms with Crippen molar-refractivity contribution < 1.29 is 24.3 Å². The summed E-state index contributed by atoms with van der Waals surface area (Å²) in [5.41, 5.74) is 0.637. The molecule has 8 heteroatoms. The van der Waals surface area contributed by atoms with Crippen LogP contribution in [0, 0.1) is 6.92 Å². The first-order chi connectivity index (χ1) is 13.9. The summed E-state index contributed by atoms with van der Waals surface area (Å²) in [6, 6.07) is 12.9. The lowest BCUT2D eigenvalue weighted by Gasteiger charge is -2.22. The van der Waals surface area contributed by atoms with Gasteiger partial charge in [0, 0.05) is 16.7 Å². The van der Waals surface area contributed by atoms with E-state index in [-0.39, 0.29) is 22.9 Å². The maximum atomic E-state index is 12.9. The molecule has 4 rings (SSSR count). The number of hydrogen-bond donors (Lipinski definition) is 2. The molecular weight excluding hydrogens is 396 g/mol. The second-order valence-corrected chi connectivity index (χ2v) is 7.00. The molecule has 1 fully saturated rings. The van der Waals surface area contributed by atoms with Crippen molar-refractivity contribution in [3.63, 3.8) is 0 Å². The molecule has 2 N–H and O–H groups in total. The molecule has 2 aromatic carbocycles. The van der Waals surface area contributed by atoms with E-state index in [0.717, 1.165) is 4.90 Å². The van der Waals surface area contributed by atoms with Gasteiger partial charge < -0.3 is 14.7 Å². The number of aryl methyl sites for hydroxylation is 1. The molecule has 0 radical (unpaired) electrons. The third kappa shape index (κ3) is 3.25. The fraction of sp³-hybridized carbons (Fsp3) is 0.0952. The van der Waals surface area contributed by atoms with Crippen LogP contribution in [-0.2, 0) is 9.59 Å². The normalized spacial score (nSPS) is 18.4. The van der Waals surface area contributed by atoms with Gasteiger partial charge in [0.25, 0.3) is 5.78 Å². The predicted octanol–water partition coefficient (Wildman–Crippen LogP) is 3.97. The van der Waals surface area contributed by atoms with E-state index in [2.05, 4.69) is 5.16 Å². The number of ketones is 1. The van der Waals surface area contributed by atoms with E-state index < -0.39 is 17.7 Å². The number of carbonyl (C=O) groups is 2. The molecule has 2 heterocycles. The lowest BCUT2D eigenvalue weighted by molar-refractivity contribution is -0.132. The van der Waals surface area contributed by atoms with Crippen molar-refractivity contribution in [1.82, 2.24) is 5.16 Å². The molecule has 0 aliphatic carbocycles. The summed E-state index contributed by atoms with van der Waals surface area (Å²) in [5, 5.41) is 25.1. The van der Waals surface area contributed by atoms with Crippen molar-refractivity contribution in [3.05, 3.63) is 82.1 Å². The third-order valence-corrected chi connectivity index (χ3v) is 4.86. The molecule has 1 atom stereocenters. The van der Waals surface area contributed by atoms with Crippen LogP contribution in [0.25, 0.3) is 5.76 Å². The van der Waals surface area contributed by atoms with Crippen molar-refractivity contribution in [2.75, 3.05) is 4.90 Å². The number of phenolic OH excluding ortho intramolecular Hbond substituents is 1. The third-order valence-electron chi connectivity index (χ3n) is 4.61. The summed E-state index contributed by atoms with van der Waals surface area (Å²) >= 11 is 5.90. The van der Waals surface area contributed by atoms with E-state index >= 15 is 0 Å². The molecule has 1 amide bonds. The van der Waals surface area contributed by atoms with Crippen molar-refractivity contribution in [3.8, 4) is 5.75 Å². The van der Waals surface area contributed by atoms with Gasteiger partial charge in [-0.1, -0.05) is 28.9 Å². The molecular formula is C21H15ClN2O5. The SMILES string of the molecule is Cc1cc(N2C(=O)C(=O)C(=C(O)c3ccc(Cl)cc3)[C@@H]2c2cccc(O)c2)no1. The number of rotatable bonds is 3. The highest BCUT2D eigenvalue weighted by Crippen LogP contribution is 2.42. The average Bonchev–Trinajstić information content (AvgIpc) is 3.23. The summed E-state index contributed by atoms with van der Waals surface area (Å²) in [6.07, 6.45) is 0. The quantitative estimate of drug-likeness (QED) is 0.384. The molecule has 0 saturated carbocycles. The Hall–Kier alpha value is -3.58. The maximum Gasteiger partial charge on any atom is 0.301 e. The first-order valence-electron chi connectivity index (χ1n) is 8.66. The summed E-state index contributed by atoms with van der Waals surface area (Å²) in [7, 11) is 0. The van der Waals surface area contributed by atoms with Gasteiger partial charge in [-0.2, -0.15) is 0 Å². The van der Waals surface area contributed by atoms with Gasteiger partial charge in [-0.15, -0.1) is 0 Å². The van der Waals surface area contributed by atoms with Crippen LogP contribution < -0.4 is 4.90 Å². The topological polar surface area (TPSA) is 104 Å². The van der Waals surface area contributed by atoms with E-state index in [1.54, 1.807) is 43.3 Å². The van der Waals surface area contributed by atoms with Gasteiger partial charge in [-0.25, -0.2) is 0 Å². The van der Waals surface area contributed by atoms with Gasteiger partial charge in [-0.3, -0.25) is 14.5 Å². The highest BCUT2D eigenvalue weighted by molar-refractivity contribution is 6.51. The Kier molecular flexibility index (Phi) is 4.60. The number of aliphatic hydroxyl groups excluding tert-OH is 1. The Morgan fingerprint density at radius 3 is 2.48 bits per heavy atom. The van der Waals surface area contributed by atoms with Gasteiger partial charge in [0.05, 0.1) is 11.6 Å². The molecule has 1 aliphatic rings. The lowest BCUT2D eigenvalue weighted by Crippen LogP contribution is -2.29. The molecule has 1 aromatic heterocycles. The number of amides is 1. The Morgan fingerprint density at radius 1 is 1.14 bits per heavy atom. The number of carbonyl (C=O) groups excluding carboxylic acids is 2. The zero-order chi connectivity index (χ0) is 20.7. The Bertz CT molecular complexity index is 1150. The van der Waals surface area contributed by atoms with Crippen molar-refractivity contribution in [2.24, 2.45) is 0 Å². The number of aliphatic hydroxyl groups is 1. The Morgan fingerprint density at radius 2 is 1.86 bits per heavy atom. The molecule has 0 unspecified atom stereocenters. The number of halogens is 1. The van der Waals surface area contributed by atoms with E-state index in [1.165, 1.54) is 18.2 Å². The monoisotopic (exact) mass is 410 g/mol. The van der Waals surface area contributed by atoms with Gasteiger partial charge >= 0.3 is 5.91 Å². The van der Waals surface area contributed by atoms with Crippen LogP contribution in [0.5, 0.6) is 5.75 Å². The first kappa shape index (κ1) is 18.8. The number of hydrogen-bond acceptors (Lipinski definition) is 6. The highest BCUT2D eigenvalue weighted by atomic mass is 35.5. The van der Waals surface area contributed by atoms with Crippen LogP contribution in [0.15, 0.2) is 64.7 Å². The minimum atomic E-state index is -0.998. The molecule has 29 heavy (non-hydrogen) atoms. The number of aromatic hydroxyl groups is 1. The lowest BCUT2D eigenvalue weighted by atomic mass is 9.95. The Balaban J connectivity index is 1.95. The zero-order valence-electron chi connectivity index (χ0n) is 15.2. The summed E-state index contributed by atoms with van der Waals surface area (Å²) < 4.78 is 5.06. The number of anilines is 1. The molecule has 0 bridgehead atoms. The minimum absolute atomic E-state index is 0.0454. The van der Waals surface area contributed by atoms with E-state index in [0.29, 0.717) is 21.9 Å². The van der Waals surface area contributed by atoms with E-state index in [4.69, 9.17) is 16.1 Å². The van der Waals surface area contributed by atoms with Crippen LogP contribution >= 0.6 is 11.6 Å². The average molecular weight is 411 g/mol. The number of Topliss-reactive ketones (excluding diaryl/α,β-unsaturated/α-hetero) is 1. The van der Waals surface area contributed by atoms with Crippen LogP contribution in [0.2, 0.25) is 5.02 Å². The fourth-order valence-corrected chi connectivity index (χ4v) is 3.44. The summed E-state index contributed by atoms with van der Waals surface area (Å²) in [6.45, 7) is 1.66. The van der Waals surface area contributed by atoms with E-state index in [1.807, 2.05) is 0 Å². The Labute approximate surface area is 170 Å². The molecule has 1 aliphatic heterocycles. The van der Waals surface area contributed by atoms with Crippen LogP contribution in [-0.4, -0.2) is 27.1 Å². The van der Waals surface area contributed by atoms with Crippen LogP contribution in [0.1, 0.15) is 22.9 Å². The molecule has 0 spiro atoms. The zero-order valence-corrected chi connectivity index (χ0v) is 15.9. The minimum Gasteiger partial charge on any atom is -0.508 e. The summed E-state index contributed by atoms with van der Waals surface area (Å²) in [4.78, 5) is 26.9. The molecule has 146 valence electrons. The second kappa shape index (κ2) is 7.10. The van der Waals surface area contributed by atoms with E-state index in [9.17, 15) is 19.8 Å². The predicted molar refractivity (Wildman–Crippen MR) is 106 cm³/mol. The number of benzene rings is 2. The number of phenols is 1. The smallest absolute Gasteiger partial charge is 0.301 e. The highest BCUT2D eigenvalue weighted by Gasteiger charge is 2.48. The van der Waals surface area contributed by atoms with Gasteiger partial charge in [-0.05, 0) is 48.9 Å². The second-order valence-electron chi connectivity index (χ2n) is 6.57.